The summed E-state index contributed by atoms with van der Waals surface area (Å²) >= 11 is 0. The molecule has 1 aromatic heterocycles. The van der Waals surface area contributed by atoms with E-state index >= 15 is 0 Å². The number of ether oxygens (including phenoxy) is 1. The molecule has 1 aliphatic heterocycles. The van der Waals surface area contributed by atoms with Crippen molar-refractivity contribution in [3.8, 4) is 5.75 Å². The molecule has 0 amide bonds. The Kier molecular flexibility index (Phi) is 7.48. The molecule has 1 saturated heterocycles. The van der Waals surface area contributed by atoms with E-state index in [1.807, 2.05) is 23.9 Å². The van der Waals surface area contributed by atoms with Crippen LogP contribution in [0.3, 0.4) is 0 Å². The summed E-state index contributed by atoms with van der Waals surface area (Å²) < 4.78 is 7.65. The SMILES string of the molecule is Cc1nn(C)cc1CN(C)Cc1ccc(OC[C@H](O)CN2CCCCC2)cc1. The lowest BCUT2D eigenvalue weighted by Crippen LogP contribution is -2.38. The molecule has 0 bridgehead atoms. The Labute approximate surface area is 168 Å². The predicted molar refractivity (Wildman–Crippen MR) is 111 cm³/mol. The van der Waals surface area contributed by atoms with Crippen LogP contribution in [0.1, 0.15) is 36.1 Å². The summed E-state index contributed by atoms with van der Waals surface area (Å²) in [4.78, 5) is 4.61. The molecule has 1 fully saturated rings. The van der Waals surface area contributed by atoms with Crippen molar-refractivity contribution in [1.29, 1.82) is 0 Å². The van der Waals surface area contributed by atoms with E-state index in [4.69, 9.17) is 4.74 Å². The lowest BCUT2D eigenvalue weighted by atomic mass is 10.1. The number of piperidine rings is 1. The van der Waals surface area contributed by atoms with Gasteiger partial charge in [-0.3, -0.25) is 9.58 Å². The van der Waals surface area contributed by atoms with Gasteiger partial charge in [0, 0.05) is 38.4 Å². The van der Waals surface area contributed by atoms with Crippen LogP contribution in [-0.4, -0.2) is 64.1 Å². The van der Waals surface area contributed by atoms with E-state index in [0.717, 1.165) is 37.6 Å². The number of aryl methyl sites for hydroxylation is 2. The summed E-state index contributed by atoms with van der Waals surface area (Å²) in [6.07, 6.45) is 5.43. The minimum atomic E-state index is -0.438. The molecule has 0 radical (unpaired) electrons. The Morgan fingerprint density at radius 3 is 2.50 bits per heavy atom. The van der Waals surface area contributed by atoms with Gasteiger partial charge >= 0.3 is 0 Å². The van der Waals surface area contributed by atoms with Gasteiger partial charge in [0.1, 0.15) is 18.5 Å². The molecule has 0 spiro atoms. The van der Waals surface area contributed by atoms with E-state index in [0.29, 0.717) is 13.2 Å². The zero-order valence-electron chi connectivity index (χ0n) is 17.5. The second kappa shape index (κ2) is 10.0. The van der Waals surface area contributed by atoms with E-state index in [1.165, 1.54) is 30.4 Å². The standard InChI is InChI=1S/C22H34N4O2/c1-18-20(15-25(3)23-18)14-24(2)13-19-7-9-22(10-8-19)28-17-21(27)16-26-11-5-4-6-12-26/h7-10,15,21,27H,4-6,11-14,16-17H2,1-3H3/t21-/m1/s1. The van der Waals surface area contributed by atoms with Crippen molar-refractivity contribution in [3.05, 3.63) is 47.3 Å². The van der Waals surface area contributed by atoms with E-state index < -0.39 is 6.10 Å². The van der Waals surface area contributed by atoms with Crippen LogP contribution in [0, 0.1) is 6.92 Å². The molecular formula is C22H34N4O2. The zero-order chi connectivity index (χ0) is 19.9. The van der Waals surface area contributed by atoms with Gasteiger partial charge in [-0.2, -0.15) is 5.10 Å². The first-order valence-corrected chi connectivity index (χ1v) is 10.3. The second-order valence-corrected chi connectivity index (χ2v) is 8.06. The number of rotatable bonds is 9. The Bertz CT molecular complexity index is 723. The number of aromatic nitrogens is 2. The Morgan fingerprint density at radius 1 is 1.14 bits per heavy atom. The molecule has 0 aliphatic carbocycles. The third kappa shape index (κ3) is 6.33. The molecule has 2 aromatic rings. The molecule has 1 aromatic carbocycles. The average molecular weight is 387 g/mol. The van der Waals surface area contributed by atoms with Crippen LogP contribution < -0.4 is 4.74 Å². The first kappa shape index (κ1) is 20.8. The number of aliphatic hydroxyl groups is 1. The Morgan fingerprint density at radius 2 is 1.86 bits per heavy atom. The maximum absolute atomic E-state index is 10.2. The molecular weight excluding hydrogens is 352 g/mol. The van der Waals surface area contributed by atoms with Crippen LogP contribution in [0.4, 0.5) is 0 Å². The zero-order valence-corrected chi connectivity index (χ0v) is 17.5. The van der Waals surface area contributed by atoms with Gasteiger partial charge in [0.05, 0.1) is 5.69 Å². The van der Waals surface area contributed by atoms with Crippen molar-refractivity contribution in [2.75, 3.05) is 33.3 Å². The van der Waals surface area contributed by atoms with Gasteiger partial charge in [0.2, 0.25) is 0 Å². The van der Waals surface area contributed by atoms with Crippen LogP contribution in [-0.2, 0) is 20.1 Å². The van der Waals surface area contributed by atoms with Gasteiger partial charge in [0.15, 0.2) is 0 Å². The van der Waals surface area contributed by atoms with Crippen LogP contribution in [0.5, 0.6) is 5.75 Å². The highest BCUT2D eigenvalue weighted by molar-refractivity contribution is 5.27. The van der Waals surface area contributed by atoms with Crippen molar-refractivity contribution in [1.82, 2.24) is 19.6 Å². The highest BCUT2D eigenvalue weighted by Crippen LogP contribution is 2.16. The van der Waals surface area contributed by atoms with Crippen LogP contribution >= 0.6 is 0 Å². The molecule has 3 rings (SSSR count). The quantitative estimate of drug-likeness (QED) is 0.718. The summed E-state index contributed by atoms with van der Waals surface area (Å²) in [5.74, 6) is 0.812. The number of hydrogen-bond donors (Lipinski definition) is 1. The molecule has 6 nitrogen and oxygen atoms in total. The van der Waals surface area contributed by atoms with Crippen molar-refractivity contribution >= 4 is 0 Å². The third-order valence-corrected chi connectivity index (χ3v) is 5.29. The van der Waals surface area contributed by atoms with Crippen molar-refractivity contribution < 1.29 is 9.84 Å². The average Bonchev–Trinajstić information content (AvgIpc) is 2.98. The van der Waals surface area contributed by atoms with E-state index in [9.17, 15) is 5.11 Å². The predicted octanol–water partition coefficient (Wildman–Crippen LogP) is 2.59. The normalized spacial score (nSPS) is 16.5. The number of benzene rings is 1. The molecule has 154 valence electrons. The minimum absolute atomic E-state index is 0.343. The number of likely N-dealkylation sites (tertiary alicyclic amines) is 1. The first-order valence-electron chi connectivity index (χ1n) is 10.3. The van der Waals surface area contributed by atoms with Gasteiger partial charge in [-0.15, -0.1) is 0 Å². The molecule has 1 N–H and O–H groups in total. The van der Waals surface area contributed by atoms with Crippen LogP contribution in [0.25, 0.3) is 0 Å². The lowest BCUT2D eigenvalue weighted by Gasteiger charge is -2.28. The largest absolute Gasteiger partial charge is 0.491 e. The Balaban J connectivity index is 1.42. The minimum Gasteiger partial charge on any atom is -0.491 e. The monoisotopic (exact) mass is 386 g/mol. The molecule has 1 aliphatic rings. The summed E-state index contributed by atoms with van der Waals surface area (Å²) in [7, 11) is 4.08. The summed E-state index contributed by atoms with van der Waals surface area (Å²) in [6.45, 7) is 7.03. The first-order chi connectivity index (χ1) is 13.5. The fourth-order valence-electron chi connectivity index (χ4n) is 3.84. The van der Waals surface area contributed by atoms with E-state index in [2.05, 4.69) is 47.2 Å². The maximum atomic E-state index is 10.2. The van der Waals surface area contributed by atoms with Crippen molar-refractivity contribution in [2.45, 2.75) is 45.4 Å². The summed E-state index contributed by atoms with van der Waals surface area (Å²) in [6, 6.07) is 8.18. The number of hydrogen-bond acceptors (Lipinski definition) is 5. The van der Waals surface area contributed by atoms with Gasteiger partial charge in [-0.1, -0.05) is 18.6 Å². The topological polar surface area (TPSA) is 53.8 Å². The molecule has 1 atom stereocenters. The maximum Gasteiger partial charge on any atom is 0.119 e. The van der Waals surface area contributed by atoms with Gasteiger partial charge < -0.3 is 14.7 Å². The molecule has 0 saturated carbocycles. The van der Waals surface area contributed by atoms with Gasteiger partial charge in [0.25, 0.3) is 0 Å². The highest BCUT2D eigenvalue weighted by Gasteiger charge is 2.15. The number of β-amino-alcohol motifs (C(OH)–C–C–N with tert-alkyl or cyclic N) is 1. The summed E-state index contributed by atoms with van der Waals surface area (Å²) in [5, 5.41) is 14.6. The van der Waals surface area contributed by atoms with E-state index in [1.54, 1.807) is 0 Å². The number of aliphatic hydroxyl groups excluding tert-OH is 1. The third-order valence-electron chi connectivity index (χ3n) is 5.29. The molecule has 2 heterocycles. The van der Waals surface area contributed by atoms with Crippen molar-refractivity contribution in [2.24, 2.45) is 7.05 Å². The molecule has 0 unspecified atom stereocenters. The van der Waals surface area contributed by atoms with Gasteiger partial charge in [-0.25, -0.2) is 0 Å². The second-order valence-electron chi connectivity index (χ2n) is 8.06. The Hall–Kier alpha value is -1.89. The van der Waals surface area contributed by atoms with Crippen molar-refractivity contribution in [3.63, 3.8) is 0 Å². The van der Waals surface area contributed by atoms with Crippen LogP contribution in [0.15, 0.2) is 30.5 Å². The fraction of sp³-hybridized carbons (Fsp3) is 0.591. The van der Waals surface area contributed by atoms with Gasteiger partial charge in [-0.05, 0) is 57.6 Å². The number of nitrogens with zero attached hydrogens (tertiary/aromatic N) is 4. The summed E-state index contributed by atoms with van der Waals surface area (Å²) in [5.41, 5.74) is 3.58. The van der Waals surface area contributed by atoms with Crippen LogP contribution in [0.2, 0.25) is 0 Å². The fourth-order valence-corrected chi connectivity index (χ4v) is 3.84. The highest BCUT2D eigenvalue weighted by atomic mass is 16.5. The molecule has 6 heteroatoms. The lowest BCUT2D eigenvalue weighted by molar-refractivity contribution is 0.0617. The van der Waals surface area contributed by atoms with E-state index in [-0.39, 0.29) is 0 Å². The smallest absolute Gasteiger partial charge is 0.119 e. The molecule has 28 heavy (non-hydrogen) atoms.